The standard InChI is InChI=1S/C13H12F3NO6/c14-13(15,16)23-8-3-1-7(2-4-8)17-5-6-22-10(11(17)19)9(18)12(20)21/h1-4,9-10,18H,5-6H2,(H,20,21)/t9-,10-/m1/s1. The van der Waals surface area contributed by atoms with Crippen molar-refractivity contribution in [1.29, 1.82) is 0 Å². The number of carbonyl (C=O) groups excluding carboxylic acids is 1. The second-order valence-electron chi connectivity index (χ2n) is 4.61. The molecule has 0 bridgehead atoms. The van der Waals surface area contributed by atoms with Crippen molar-refractivity contribution in [2.75, 3.05) is 18.1 Å². The van der Waals surface area contributed by atoms with Crippen LogP contribution in [0, 0.1) is 0 Å². The van der Waals surface area contributed by atoms with E-state index in [2.05, 4.69) is 4.74 Å². The summed E-state index contributed by atoms with van der Waals surface area (Å²) >= 11 is 0. The van der Waals surface area contributed by atoms with E-state index in [1.165, 1.54) is 12.1 Å². The van der Waals surface area contributed by atoms with Crippen LogP contribution >= 0.6 is 0 Å². The number of morpholine rings is 1. The maximum Gasteiger partial charge on any atom is 0.573 e. The minimum absolute atomic E-state index is 0.0262. The van der Waals surface area contributed by atoms with Gasteiger partial charge < -0.3 is 24.6 Å². The zero-order chi connectivity index (χ0) is 17.2. The van der Waals surface area contributed by atoms with Crippen LogP contribution < -0.4 is 9.64 Å². The van der Waals surface area contributed by atoms with Crippen LogP contribution in [0.5, 0.6) is 5.75 Å². The maximum absolute atomic E-state index is 12.2. The molecular weight excluding hydrogens is 323 g/mol. The Hall–Kier alpha value is -2.33. The van der Waals surface area contributed by atoms with E-state index in [0.29, 0.717) is 0 Å². The van der Waals surface area contributed by atoms with Gasteiger partial charge in [0.15, 0.2) is 12.2 Å². The fourth-order valence-corrected chi connectivity index (χ4v) is 2.05. The van der Waals surface area contributed by atoms with Crippen LogP contribution in [-0.4, -0.2) is 53.8 Å². The highest BCUT2D eigenvalue weighted by atomic mass is 19.4. The minimum Gasteiger partial charge on any atom is -0.479 e. The number of halogens is 3. The lowest BCUT2D eigenvalue weighted by Gasteiger charge is -2.33. The average Bonchev–Trinajstić information content (AvgIpc) is 2.46. The fourth-order valence-electron chi connectivity index (χ4n) is 2.05. The predicted molar refractivity (Wildman–Crippen MR) is 68.9 cm³/mol. The van der Waals surface area contributed by atoms with E-state index < -0.39 is 36.2 Å². The molecule has 1 amide bonds. The summed E-state index contributed by atoms with van der Waals surface area (Å²) in [5.41, 5.74) is 0.232. The Bertz CT molecular complexity index is 588. The van der Waals surface area contributed by atoms with Crippen molar-refractivity contribution >= 4 is 17.6 Å². The molecule has 1 aliphatic rings. The fraction of sp³-hybridized carbons (Fsp3) is 0.385. The van der Waals surface area contributed by atoms with Crippen LogP contribution in [0.15, 0.2) is 24.3 Å². The number of alkyl halides is 3. The molecule has 0 unspecified atom stereocenters. The van der Waals surface area contributed by atoms with Gasteiger partial charge in [-0.3, -0.25) is 4.79 Å². The largest absolute Gasteiger partial charge is 0.573 e. The van der Waals surface area contributed by atoms with E-state index in [4.69, 9.17) is 9.84 Å². The molecule has 126 valence electrons. The molecule has 2 N–H and O–H groups in total. The number of carboxylic acids is 1. The third kappa shape index (κ3) is 4.11. The smallest absolute Gasteiger partial charge is 0.479 e. The zero-order valence-electron chi connectivity index (χ0n) is 11.5. The molecule has 1 aromatic rings. The molecule has 0 radical (unpaired) electrons. The second-order valence-corrected chi connectivity index (χ2v) is 4.61. The number of nitrogens with zero attached hydrogens (tertiary/aromatic N) is 1. The van der Waals surface area contributed by atoms with Crippen LogP contribution in [0.4, 0.5) is 18.9 Å². The number of hydrogen-bond donors (Lipinski definition) is 2. The molecule has 1 aromatic carbocycles. The quantitative estimate of drug-likeness (QED) is 0.843. The first-order chi connectivity index (χ1) is 10.7. The van der Waals surface area contributed by atoms with Gasteiger partial charge in [0.1, 0.15) is 5.75 Å². The Labute approximate surface area is 127 Å². The van der Waals surface area contributed by atoms with Crippen molar-refractivity contribution in [3.8, 4) is 5.75 Å². The summed E-state index contributed by atoms with van der Waals surface area (Å²) in [6.07, 6.45) is -8.43. The summed E-state index contributed by atoms with van der Waals surface area (Å²) in [7, 11) is 0. The first-order valence-electron chi connectivity index (χ1n) is 6.39. The summed E-state index contributed by atoms with van der Waals surface area (Å²) < 4.78 is 44.9. The van der Waals surface area contributed by atoms with Gasteiger partial charge in [-0.2, -0.15) is 0 Å². The Kier molecular flexibility index (Phi) is 4.76. The van der Waals surface area contributed by atoms with E-state index in [1.807, 2.05) is 0 Å². The van der Waals surface area contributed by atoms with Gasteiger partial charge >= 0.3 is 12.3 Å². The number of rotatable bonds is 4. The lowest BCUT2D eigenvalue weighted by atomic mass is 10.1. The van der Waals surface area contributed by atoms with Crippen molar-refractivity contribution in [3.05, 3.63) is 24.3 Å². The molecule has 0 saturated carbocycles. The zero-order valence-corrected chi connectivity index (χ0v) is 11.5. The Morgan fingerprint density at radius 3 is 2.48 bits per heavy atom. The highest BCUT2D eigenvalue weighted by molar-refractivity contribution is 6.00. The monoisotopic (exact) mass is 335 g/mol. The topological polar surface area (TPSA) is 96.3 Å². The Balaban J connectivity index is 2.14. The van der Waals surface area contributed by atoms with E-state index >= 15 is 0 Å². The average molecular weight is 335 g/mol. The minimum atomic E-state index is -4.83. The number of aliphatic hydroxyl groups is 1. The van der Waals surface area contributed by atoms with E-state index in [-0.39, 0.29) is 18.8 Å². The molecule has 7 nitrogen and oxygen atoms in total. The maximum atomic E-state index is 12.2. The molecule has 0 aliphatic carbocycles. The molecule has 2 atom stereocenters. The molecule has 0 aromatic heterocycles. The van der Waals surface area contributed by atoms with Crippen LogP contribution in [0.2, 0.25) is 0 Å². The van der Waals surface area contributed by atoms with E-state index in [1.54, 1.807) is 0 Å². The summed E-state index contributed by atoms with van der Waals surface area (Å²) in [5.74, 6) is -2.86. The summed E-state index contributed by atoms with van der Waals surface area (Å²) in [4.78, 5) is 24.0. The second kappa shape index (κ2) is 6.42. The molecule has 10 heteroatoms. The lowest BCUT2D eigenvalue weighted by molar-refractivity contribution is -0.274. The highest BCUT2D eigenvalue weighted by Crippen LogP contribution is 2.26. The van der Waals surface area contributed by atoms with Gasteiger partial charge in [0.25, 0.3) is 5.91 Å². The summed E-state index contributed by atoms with van der Waals surface area (Å²) in [5, 5.41) is 18.2. The van der Waals surface area contributed by atoms with Gasteiger partial charge in [0, 0.05) is 12.2 Å². The number of aliphatic hydroxyl groups excluding tert-OH is 1. The third-order valence-corrected chi connectivity index (χ3v) is 3.04. The Morgan fingerprint density at radius 2 is 1.96 bits per heavy atom. The third-order valence-electron chi connectivity index (χ3n) is 3.04. The van der Waals surface area contributed by atoms with Crippen molar-refractivity contribution in [1.82, 2.24) is 0 Å². The SMILES string of the molecule is O=C(O)[C@H](O)[C@H]1OCCN(c2ccc(OC(F)(F)F)cc2)C1=O. The van der Waals surface area contributed by atoms with Gasteiger partial charge in [-0.05, 0) is 24.3 Å². The van der Waals surface area contributed by atoms with Crippen molar-refractivity contribution in [2.24, 2.45) is 0 Å². The number of carboxylic acid groups (broad SMARTS) is 1. The first-order valence-corrected chi connectivity index (χ1v) is 6.39. The number of amides is 1. The van der Waals surface area contributed by atoms with Gasteiger partial charge in [0.05, 0.1) is 6.61 Å². The molecule has 1 saturated heterocycles. The van der Waals surface area contributed by atoms with Crippen LogP contribution in [0.25, 0.3) is 0 Å². The number of hydrogen-bond acceptors (Lipinski definition) is 5. The number of benzene rings is 1. The van der Waals surface area contributed by atoms with Crippen LogP contribution in [-0.2, 0) is 14.3 Å². The van der Waals surface area contributed by atoms with E-state index in [9.17, 15) is 27.9 Å². The lowest BCUT2D eigenvalue weighted by Crippen LogP contribution is -2.54. The molecule has 1 aliphatic heterocycles. The number of aliphatic carboxylic acids is 1. The molecule has 0 spiro atoms. The predicted octanol–water partition coefficient (Wildman–Crippen LogP) is 0.762. The first kappa shape index (κ1) is 17.0. The van der Waals surface area contributed by atoms with E-state index in [0.717, 1.165) is 17.0 Å². The van der Waals surface area contributed by atoms with Gasteiger partial charge in [-0.1, -0.05) is 0 Å². The van der Waals surface area contributed by atoms with Crippen LogP contribution in [0.1, 0.15) is 0 Å². The molecule has 2 rings (SSSR count). The van der Waals surface area contributed by atoms with Gasteiger partial charge in [-0.25, -0.2) is 4.79 Å². The number of carbonyl (C=O) groups is 2. The molecule has 1 fully saturated rings. The van der Waals surface area contributed by atoms with Gasteiger partial charge in [-0.15, -0.1) is 13.2 Å². The Morgan fingerprint density at radius 1 is 1.35 bits per heavy atom. The highest BCUT2D eigenvalue weighted by Gasteiger charge is 2.39. The normalized spacial score (nSPS) is 20.3. The van der Waals surface area contributed by atoms with Crippen molar-refractivity contribution in [3.63, 3.8) is 0 Å². The van der Waals surface area contributed by atoms with Crippen molar-refractivity contribution in [2.45, 2.75) is 18.6 Å². The molecule has 1 heterocycles. The molecule has 23 heavy (non-hydrogen) atoms. The van der Waals surface area contributed by atoms with Crippen molar-refractivity contribution < 1.29 is 42.4 Å². The molecular formula is C13H12F3NO6. The summed E-state index contributed by atoms with van der Waals surface area (Å²) in [6, 6.07) is 4.48. The van der Waals surface area contributed by atoms with Crippen LogP contribution in [0.3, 0.4) is 0 Å². The van der Waals surface area contributed by atoms with Gasteiger partial charge in [0.2, 0.25) is 0 Å². The number of ether oxygens (including phenoxy) is 2. The number of anilines is 1. The summed E-state index contributed by atoms with van der Waals surface area (Å²) in [6.45, 7) is 0.0443.